The van der Waals surface area contributed by atoms with E-state index >= 15 is 0 Å². The molecule has 0 bridgehead atoms. The molecule has 0 spiro atoms. The van der Waals surface area contributed by atoms with Gasteiger partial charge in [-0.2, -0.15) is 0 Å². The van der Waals surface area contributed by atoms with Gasteiger partial charge in [-0.1, -0.05) is 12.1 Å². The van der Waals surface area contributed by atoms with E-state index in [1.807, 2.05) is 0 Å². The molecule has 17 heavy (non-hydrogen) atoms. The summed E-state index contributed by atoms with van der Waals surface area (Å²) in [6.45, 7) is 0. The highest BCUT2D eigenvalue weighted by Crippen LogP contribution is 2.17. The first-order valence-corrected chi connectivity index (χ1v) is 4.90. The van der Waals surface area contributed by atoms with Crippen molar-refractivity contribution in [3.63, 3.8) is 0 Å². The third-order valence-electron chi connectivity index (χ3n) is 2.26. The SMILES string of the molecule is COc1cnc(-c2ccc(C(=O)O)cc2)cn1. The van der Waals surface area contributed by atoms with E-state index in [9.17, 15) is 4.79 Å². The lowest BCUT2D eigenvalue weighted by Gasteiger charge is -2.02. The van der Waals surface area contributed by atoms with Gasteiger partial charge in [-0.15, -0.1) is 0 Å². The van der Waals surface area contributed by atoms with E-state index in [0.29, 0.717) is 11.6 Å². The summed E-state index contributed by atoms with van der Waals surface area (Å²) < 4.78 is 4.90. The van der Waals surface area contributed by atoms with Crippen molar-refractivity contribution < 1.29 is 14.6 Å². The molecule has 1 N–H and O–H groups in total. The Balaban J connectivity index is 2.29. The lowest BCUT2D eigenvalue weighted by atomic mass is 10.1. The molecule has 1 heterocycles. The Labute approximate surface area is 97.7 Å². The lowest BCUT2D eigenvalue weighted by molar-refractivity contribution is 0.0697. The Morgan fingerprint density at radius 1 is 1.18 bits per heavy atom. The fourth-order valence-corrected chi connectivity index (χ4v) is 1.35. The summed E-state index contributed by atoms with van der Waals surface area (Å²) >= 11 is 0. The van der Waals surface area contributed by atoms with E-state index in [-0.39, 0.29) is 5.56 Å². The highest BCUT2D eigenvalue weighted by molar-refractivity contribution is 5.88. The van der Waals surface area contributed by atoms with Crippen molar-refractivity contribution in [2.45, 2.75) is 0 Å². The third-order valence-corrected chi connectivity index (χ3v) is 2.26. The second-order valence-electron chi connectivity index (χ2n) is 3.33. The first-order chi connectivity index (χ1) is 8.20. The second-order valence-corrected chi connectivity index (χ2v) is 3.33. The Kier molecular flexibility index (Phi) is 3.00. The van der Waals surface area contributed by atoms with Gasteiger partial charge >= 0.3 is 5.97 Å². The van der Waals surface area contributed by atoms with Gasteiger partial charge in [0.1, 0.15) is 0 Å². The predicted octanol–water partition coefficient (Wildman–Crippen LogP) is 1.85. The van der Waals surface area contributed by atoms with E-state index in [1.165, 1.54) is 25.4 Å². The minimum Gasteiger partial charge on any atom is -0.480 e. The van der Waals surface area contributed by atoms with Crippen LogP contribution in [0.15, 0.2) is 36.7 Å². The number of aromatic carboxylic acids is 1. The van der Waals surface area contributed by atoms with E-state index < -0.39 is 5.97 Å². The summed E-state index contributed by atoms with van der Waals surface area (Å²) in [5, 5.41) is 8.77. The zero-order valence-corrected chi connectivity index (χ0v) is 9.12. The van der Waals surface area contributed by atoms with Crippen LogP contribution in [0.25, 0.3) is 11.3 Å². The molecule has 2 aromatic rings. The third kappa shape index (κ3) is 2.39. The van der Waals surface area contributed by atoms with Gasteiger partial charge in [0.15, 0.2) is 0 Å². The van der Waals surface area contributed by atoms with Crippen molar-refractivity contribution in [1.29, 1.82) is 0 Å². The maximum absolute atomic E-state index is 10.7. The molecule has 2 rings (SSSR count). The van der Waals surface area contributed by atoms with Crippen LogP contribution in [-0.4, -0.2) is 28.2 Å². The van der Waals surface area contributed by atoms with Gasteiger partial charge in [0.2, 0.25) is 5.88 Å². The normalized spacial score (nSPS) is 9.94. The van der Waals surface area contributed by atoms with Crippen molar-refractivity contribution >= 4 is 5.97 Å². The topological polar surface area (TPSA) is 72.3 Å². The number of benzene rings is 1. The maximum Gasteiger partial charge on any atom is 0.335 e. The van der Waals surface area contributed by atoms with E-state index in [4.69, 9.17) is 9.84 Å². The molecule has 0 aliphatic rings. The summed E-state index contributed by atoms with van der Waals surface area (Å²) in [5.74, 6) is -0.506. The first-order valence-electron chi connectivity index (χ1n) is 4.90. The van der Waals surface area contributed by atoms with Crippen LogP contribution < -0.4 is 4.74 Å². The summed E-state index contributed by atoms with van der Waals surface area (Å²) in [5.41, 5.74) is 1.73. The van der Waals surface area contributed by atoms with Crippen LogP contribution >= 0.6 is 0 Å². The van der Waals surface area contributed by atoms with Crippen LogP contribution in [0.2, 0.25) is 0 Å². The molecule has 86 valence electrons. The molecule has 0 aliphatic carbocycles. The quantitative estimate of drug-likeness (QED) is 0.871. The van der Waals surface area contributed by atoms with Crippen LogP contribution in [0.4, 0.5) is 0 Å². The fraction of sp³-hybridized carbons (Fsp3) is 0.0833. The van der Waals surface area contributed by atoms with Crippen molar-refractivity contribution in [3.8, 4) is 17.1 Å². The summed E-state index contributed by atoms with van der Waals surface area (Å²) in [6.07, 6.45) is 3.09. The standard InChI is InChI=1S/C12H10N2O3/c1-17-11-7-13-10(6-14-11)8-2-4-9(5-3-8)12(15)16/h2-7H,1H3,(H,15,16). The van der Waals surface area contributed by atoms with Crippen LogP contribution in [0, 0.1) is 0 Å². The fourth-order valence-electron chi connectivity index (χ4n) is 1.35. The Morgan fingerprint density at radius 2 is 1.88 bits per heavy atom. The van der Waals surface area contributed by atoms with Gasteiger partial charge in [0.25, 0.3) is 0 Å². The van der Waals surface area contributed by atoms with Crippen molar-refractivity contribution in [2.24, 2.45) is 0 Å². The van der Waals surface area contributed by atoms with Gasteiger partial charge in [-0.3, -0.25) is 0 Å². The lowest BCUT2D eigenvalue weighted by Crippen LogP contribution is -1.95. The molecule has 0 radical (unpaired) electrons. The minimum atomic E-state index is -0.947. The Morgan fingerprint density at radius 3 is 2.35 bits per heavy atom. The summed E-state index contributed by atoms with van der Waals surface area (Å²) in [6, 6.07) is 6.45. The van der Waals surface area contributed by atoms with E-state index in [2.05, 4.69) is 9.97 Å². The summed E-state index contributed by atoms with van der Waals surface area (Å²) in [7, 11) is 1.52. The molecule has 0 saturated carbocycles. The molecule has 0 atom stereocenters. The molecular formula is C12H10N2O3. The zero-order valence-electron chi connectivity index (χ0n) is 9.12. The van der Waals surface area contributed by atoms with E-state index in [0.717, 1.165) is 5.56 Å². The maximum atomic E-state index is 10.7. The van der Waals surface area contributed by atoms with Crippen molar-refractivity contribution in [1.82, 2.24) is 9.97 Å². The minimum absolute atomic E-state index is 0.246. The number of carboxylic acid groups (broad SMARTS) is 1. The molecule has 0 unspecified atom stereocenters. The first kappa shape index (κ1) is 11.1. The molecule has 1 aromatic carbocycles. The van der Waals surface area contributed by atoms with Gasteiger partial charge in [-0.25, -0.2) is 14.8 Å². The van der Waals surface area contributed by atoms with Gasteiger partial charge in [-0.05, 0) is 12.1 Å². The smallest absolute Gasteiger partial charge is 0.335 e. The van der Waals surface area contributed by atoms with Crippen molar-refractivity contribution in [3.05, 3.63) is 42.2 Å². The average Bonchev–Trinajstić information content (AvgIpc) is 2.39. The number of rotatable bonds is 3. The van der Waals surface area contributed by atoms with Crippen LogP contribution in [0.1, 0.15) is 10.4 Å². The molecule has 1 aromatic heterocycles. The molecular weight excluding hydrogens is 220 g/mol. The van der Waals surface area contributed by atoms with E-state index in [1.54, 1.807) is 18.3 Å². The molecule has 0 amide bonds. The average molecular weight is 230 g/mol. The predicted molar refractivity (Wildman–Crippen MR) is 61.0 cm³/mol. The molecule has 5 heteroatoms. The largest absolute Gasteiger partial charge is 0.480 e. The number of ether oxygens (including phenoxy) is 1. The van der Waals surface area contributed by atoms with Crippen LogP contribution in [0.5, 0.6) is 5.88 Å². The second kappa shape index (κ2) is 4.61. The van der Waals surface area contributed by atoms with Gasteiger partial charge < -0.3 is 9.84 Å². The number of aromatic nitrogens is 2. The monoisotopic (exact) mass is 230 g/mol. The highest BCUT2D eigenvalue weighted by Gasteiger charge is 2.04. The number of hydrogen-bond acceptors (Lipinski definition) is 4. The van der Waals surface area contributed by atoms with Crippen molar-refractivity contribution in [2.75, 3.05) is 7.11 Å². The number of carbonyl (C=O) groups is 1. The van der Waals surface area contributed by atoms with Crippen LogP contribution in [0.3, 0.4) is 0 Å². The molecule has 0 saturated heterocycles. The number of carboxylic acids is 1. The number of nitrogens with zero attached hydrogens (tertiary/aromatic N) is 2. The molecule has 0 aliphatic heterocycles. The molecule has 0 fully saturated rings. The van der Waals surface area contributed by atoms with Gasteiger partial charge in [0.05, 0.1) is 30.8 Å². The number of methoxy groups -OCH3 is 1. The zero-order chi connectivity index (χ0) is 12.3. The Bertz CT molecular complexity index is 520. The summed E-state index contributed by atoms with van der Waals surface area (Å²) in [4.78, 5) is 18.9. The molecule has 5 nitrogen and oxygen atoms in total. The Hall–Kier alpha value is -2.43. The highest BCUT2D eigenvalue weighted by atomic mass is 16.5. The van der Waals surface area contributed by atoms with Crippen LogP contribution in [-0.2, 0) is 0 Å². The van der Waals surface area contributed by atoms with Gasteiger partial charge in [0, 0.05) is 5.56 Å². The number of hydrogen-bond donors (Lipinski definition) is 1.